The molecule has 1 aromatic carbocycles. The van der Waals surface area contributed by atoms with Crippen LogP contribution in [0.3, 0.4) is 0 Å². The van der Waals surface area contributed by atoms with Crippen LogP contribution in [0.25, 0.3) is 0 Å². The second-order valence-electron chi connectivity index (χ2n) is 4.82. The number of nitrogens with zero attached hydrogens (tertiary/aromatic N) is 1. The Balaban J connectivity index is 2.21. The molecular weight excluding hydrogens is 184 g/mol. The molecule has 1 heterocycles. The van der Waals surface area contributed by atoms with Crippen molar-refractivity contribution in [1.82, 2.24) is 4.90 Å². The van der Waals surface area contributed by atoms with E-state index in [4.69, 9.17) is 5.73 Å². The fourth-order valence-corrected chi connectivity index (χ4v) is 2.37. The molecule has 1 fully saturated rings. The van der Waals surface area contributed by atoms with Crippen LogP contribution in [0.4, 0.5) is 0 Å². The van der Waals surface area contributed by atoms with E-state index in [2.05, 4.69) is 43.1 Å². The maximum absolute atomic E-state index is 6.49. The van der Waals surface area contributed by atoms with Gasteiger partial charge in [-0.3, -0.25) is 0 Å². The third kappa shape index (κ3) is 2.06. The molecule has 2 heteroatoms. The highest BCUT2D eigenvalue weighted by Gasteiger charge is 2.34. The molecule has 2 atom stereocenters. The number of likely N-dealkylation sites (N-methyl/N-ethyl adjacent to an activating group) is 1. The molecule has 2 N–H and O–H groups in total. The van der Waals surface area contributed by atoms with E-state index in [0.717, 1.165) is 13.0 Å². The van der Waals surface area contributed by atoms with Crippen molar-refractivity contribution in [3.05, 3.63) is 35.9 Å². The maximum atomic E-state index is 6.49. The Morgan fingerprint density at radius 2 is 2.00 bits per heavy atom. The monoisotopic (exact) mass is 204 g/mol. The molecule has 0 aromatic heterocycles. The van der Waals surface area contributed by atoms with E-state index in [0.29, 0.717) is 6.04 Å². The highest BCUT2D eigenvalue weighted by molar-refractivity contribution is 5.25. The van der Waals surface area contributed by atoms with Crippen LogP contribution in [0, 0.1) is 0 Å². The standard InChI is InChI=1S/C13H20N2/c1-11-8-9-13(14,10-15(11)2)12-6-4-3-5-7-12/h3-7,11H,8-10,14H2,1-2H3. The van der Waals surface area contributed by atoms with Gasteiger partial charge in [-0.25, -0.2) is 0 Å². The molecule has 0 radical (unpaired) electrons. The summed E-state index contributed by atoms with van der Waals surface area (Å²) >= 11 is 0. The maximum Gasteiger partial charge on any atom is 0.0539 e. The van der Waals surface area contributed by atoms with E-state index in [1.54, 1.807) is 0 Å². The number of likely N-dealkylation sites (tertiary alicyclic amines) is 1. The Kier molecular flexibility index (Phi) is 2.81. The molecule has 1 aliphatic rings. The van der Waals surface area contributed by atoms with Crippen LogP contribution in [-0.2, 0) is 5.54 Å². The number of hydrogen-bond donors (Lipinski definition) is 1. The molecule has 0 aliphatic carbocycles. The SMILES string of the molecule is CC1CCC(N)(c2ccccc2)CN1C. The topological polar surface area (TPSA) is 29.3 Å². The highest BCUT2D eigenvalue weighted by atomic mass is 15.2. The summed E-state index contributed by atoms with van der Waals surface area (Å²) in [6.07, 6.45) is 2.27. The van der Waals surface area contributed by atoms with Crippen molar-refractivity contribution in [2.75, 3.05) is 13.6 Å². The van der Waals surface area contributed by atoms with Crippen molar-refractivity contribution in [2.45, 2.75) is 31.3 Å². The average Bonchev–Trinajstić information content (AvgIpc) is 2.26. The van der Waals surface area contributed by atoms with Crippen LogP contribution in [0.1, 0.15) is 25.3 Å². The lowest BCUT2D eigenvalue weighted by atomic mass is 9.81. The molecule has 2 unspecified atom stereocenters. The number of piperidine rings is 1. The minimum absolute atomic E-state index is 0.150. The molecular formula is C13H20N2. The van der Waals surface area contributed by atoms with Crippen LogP contribution < -0.4 is 5.73 Å². The molecule has 2 rings (SSSR count). The molecule has 0 saturated carbocycles. The zero-order valence-electron chi connectivity index (χ0n) is 9.61. The zero-order chi connectivity index (χ0) is 10.9. The fourth-order valence-electron chi connectivity index (χ4n) is 2.37. The third-order valence-electron chi connectivity index (χ3n) is 3.64. The molecule has 1 saturated heterocycles. The van der Waals surface area contributed by atoms with Gasteiger partial charge < -0.3 is 10.6 Å². The van der Waals surface area contributed by atoms with Crippen LogP contribution in [0.2, 0.25) is 0 Å². The lowest BCUT2D eigenvalue weighted by Gasteiger charge is -2.42. The van der Waals surface area contributed by atoms with Gasteiger partial charge in [0, 0.05) is 12.6 Å². The van der Waals surface area contributed by atoms with E-state index in [9.17, 15) is 0 Å². The summed E-state index contributed by atoms with van der Waals surface area (Å²) in [6, 6.07) is 11.1. The summed E-state index contributed by atoms with van der Waals surface area (Å²) in [5, 5.41) is 0. The minimum atomic E-state index is -0.150. The molecule has 1 aromatic rings. The van der Waals surface area contributed by atoms with Gasteiger partial charge in [-0.05, 0) is 32.4 Å². The molecule has 2 nitrogen and oxygen atoms in total. The summed E-state index contributed by atoms with van der Waals surface area (Å²) in [5.74, 6) is 0. The quantitative estimate of drug-likeness (QED) is 0.757. The van der Waals surface area contributed by atoms with E-state index in [-0.39, 0.29) is 5.54 Å². The Bertz CT molecular complexity index is 323. The van der Waals surface area contributed by atoms with Gasteiger partial charge in [0.25, 0.3) is 0 Å². The number of hydrogen-bond acceptors (Lipinski definition) is 2. The molecule has 0 amide bonds. The first-order chi connectivity index (χ1) is 7.12. The van der Waals surface area contributed by atoms with Crippen molar-refractivity contribution in [2.24, 2.45) is 5.73 Å². The average molecular weight is 204 g/mol. The highest BCUT2D eigenvalue weighted by Crippen LogP contribution is 2.30. The second-order valence-corrected chi connectivity index (χ2v) is 4.82. The van der Waals surface area contributed by atoms with Gasteiger partial charge in [0.1, 0.15) is 0 Å². The first kappa shape index (κ1) is 10.7. The lowest BCUT2D eigenvalue weighted by molar-refractivity contribution is 0.126. The van der Waals surface area contributed by atoms with Gasteiger partial charge in [0.2, 0.25) is 0 Å². The van der Waals surface area contributed by atoms with Crippen molar-refractivity contribution in [3.63, 3.8) is 0 Å². The van der Waals surface area contributed by atoms with E-state index >= 15 is 0 Å². The zero-order valence-corrected chi connectivity index (χ0v) is 9.61. The summed E-state index contributed by atoms with van der Waals surface area (Å²) in [6.45, 7) is 3.22. The van der Waals surface area contributed by atoms with Gasteiger partial charge >= 0.3 is 0 Å². The number of rotatable bonds is 1. The summed E-state index contributed by atoms with van der Waals surface area (Å²) in [7, 11) is 2.16. The Labute approximate surface area is 92.1 Å². The summed E-state index contributed by atoms with van der Waals surface area (Å²) in [5.41, 5.74) is 7.61. The molecule has 82 valence electrons. The molecule has 15 heavy (non-hydrogen) atoms. The predicted molar refractivity (Wildman–Crippen MR) is 63.6 cm³/mol. The van der Waals surface area contributed by atoms with Gasteiger partial charge in [-0.1, -0.05) is 30.3 Å². The first-order valence-electron chi connectivity index (χ1n) is 5.66. The van der Waals surface area contributed by atoms with Gasteiger partial charge in [-0.15, -0.1) is 0 Å². The molecule has 1 aliphatic heterocycles. The fraction of sp³-hybridized carbons (Fsp3) is 0.538. The number of benzene rings is 1. The largest absolute Gasteiger partial charge is 0.320 e. The van der Waals surface area contributed by atoms with Gasteiger partial charge in [0.05, 0.1) is 5.54 Å². The molecule has 0 bridgehead atoms. The smallest absolute Gasteiger partial charge is 0.0539 e. The van der Waals surface area contributed by atoms with E-state index in [1.807, 2.05) is 6.07 Å². The second kappa shape index (κ2) is 3.95. The Morgan fingerprint density at radius 1 is 1.33 bits per heavy atom. The van der Waals surface area contributed by atoms with E-state index in [1.165, 1.54) is 12.0 Å². The lowest BCUT2D eigenvalue weighted by Crippen LogP contribution is -2.53. The van der Waals surface area contributed by atoms with Crippen molar-refractivity contribution in [1.29, 1.82) is 0 Å². The predicted octanol–water partition coefficient (Wildman–Crippen LogP) is 1.95. The summed E-state index contributed by atoms with van der Waals surface area (Å²) < 4.78 is 0. The van der Waals surface area contributed by atoms with Crippen LogP contribution >= 0.6 is 0 Å². The van der Waals surface area contributed by atoms with Crippen LogP contribution in [0.5, 0.6) is 0 Å². The normalized spacial score (nSPS) is 32.9. The van der Waals surface area contributed by atoms with Crippen LogP contribution in [-0.4, -0.2) is 24.5 Å². The third-order valence-corrected chi connectivity index (χ3v) is 3.64. The van der Waals surface area contributed by atoms with Crippen molar-refractivity contribution < 1.29 is 0 Å². The van der Waals surface area contributed by atoms with Crippen molar-refractivity contribution in [3.8, 4) is 0 Å². The van der Waals surface area contributed by atoms with Gasteiger partial charge in [-0.2, -0.15) is 0 Å². The van der Waals surface area contributed by atoms with Crippen LogP contribution in [0.15, 0.2) is 30.3 Å². The summed E-state index contributed by atoms with van der Waals surface area (Å²) in [4.78, 5) is 2.36. The van der Waals surface area contributed by atoms with Gasteiger partial charge in [0.15, 0.2) is 0 Å². The Hall–Kier alpha value is -0.860. The minimum Gasteiger partial charge on any atom is -0.320 e. The van der Waals surface area contributed by atoms with Crippen molar-refractivity contribution >= 4 is 0 Å². The first-order valence-corrected chi connectivity index (χ1v) is 5.66. The number of nitrogens with two attached hydrogens (primary N) is 1. The van der Waals surface area contributed by atoms with E-state index < -0.39 is 0 Å². The molecule has 0 spiro atoms. The Morgan fingerprint density at radius 3 is 2.60 bits per heavy atom.